The monoisotopic (exact) mass is 266 g/mol. The van der Waals surface area contributed by atoms with Crippen LogP contribution in [0.5, 0.6) is 5.75 Å². The molecule has 0 aliphatic heterocycles. The van der Waals surface area contributed by atoms with E-state index in [0.717, 1.165) is 42.3 Å². The Morgan fingerprint density at radius 3 is 2.75 bits per heavy atom. The molecule has 1 fully saturated rings. The average Bonchev–Trinajstić information content (AvgIpc) is 2.54. The highest BCUT2D eigenvalue weighted by atomic mass is 16.5. The third kappa shape index (κ3) is 2.46. The number of aromatic nitrogens is 1. The van der Waals surface area contributed by atoms with Crippen molar-refractivity contribution in [3.05, 3.63) is 36.5 Å². The van der Waals surface area contributed by atoms with Crippen molar-refractivity contribution in [3.8, 4) is 11.8 Å². The van der Waals surface area contributed by atoms with Crippen molar-refractivity contribution in [2.24, 2.45) is 5.41 Å². The fourth-order valence-electron chi connectivity index (χ4n) is 2.93. The third-order valence-electron chi connectivity index (χ3n) is 4.15. The maximum absolute atomic E-state index is 9.49. The van der Waals surface area contributed by atoms with E-state index in [9.17, 15) is 5.26 Å². The first-order valence-corrected chi connectivity index (χ1v) is 7.21. The van der Waals surface area contributed by atoms with Crippen LogP contribution in [-0.2, 0) is 0 Å². The minimum absolute atomic E-state index is 0.310. The number of nitriles is 1. The normalized spacial score (nSPS) is 17.6. The number of pyridine rings is 1. The fraction of sp³-hybridized carbons (Fsp3) is 0.412. The topological polar surface area (TPSA) is 45.9 Å². The Morgan fingerprint density at radius 1 is 1.15 bits per heavy atom. The fourth-order valence-corrected chi connectivity index (χ4v) is 2.93. The van der Waals surface area contributed by atoms with Crippen LogP contribution in [0.25, 0.3) is 10.9 Å². The summed E-state index contributed by atoms with van der Waals surface area (Å²) >= 11 is 0. The van der Waals surface area contributed by atoms with Gasteiger partial charge in [-0.15, -0.1) is 0 Å². The summed E-state index contributed by atoms with van der Waals surface area (Å²) in [6.07, 6.45) is 7.16. The van der Waals surface area contributed by atoms with E-state index >= 15 is 0 Å². The number of hydrogen-bond acceptors (Lipinski definition) is 3. The Bertz CT molecular complexity index is 633. The zero-order valence-electron chi connectivity index (χ0n) is 11.5. The maximum Gasteiger partial charge on any atom is 0.145 e. The third-order valence-corrected chi connectivity index (χ3v) is 4.15. The van der Waals surface area contributed by atoms with E-state index in [0.29, 0.717) is 6.61 Å². The van der Waals surface area contributed by atoms with Gasteiger partial charge in [0, 0.05) is 11.6 Å². The van der Waals surface area contributed by atoms with Crippen molar-refractivity contribution in [2.45, 2.75) is 32.1 Å². The lowest BCUT2D eigenvalue weighted by Crippen LogP contribution is -2.29. The van der Waals surface area contributed by atoms with Crippen LogP contribution >= 0.6 is 0 Å². The number of benzene rings is 1. The molecule has 0 atom stereocenters. The van der Waals surface area contributed by atoms with E-state index < -0.39 is 0 Å². The molecule has 3 heteroatoms. The van der Waals surface area contributed by atoms with Crippen LogP contribution in [0, 0.1) is 16.7 Å². The zero-order valence-corrected chi connectivity index (χ0v) is 11.5. The number of ether oxygens (including phenoxy) is 1. The van der Waals surface area contributed by atoms with Crippen LogP contribution < -0.4 is 4.74 Å². The quantitative estimate of drug-likeness (QED) is 0.840. The summed E-state index contributed by atoms with van der Waals surface area (Å²) in [4.78, 5) is 4.39. The number of fused-ring (bicyclic) bond motifs is 1. The summed E-state index contributed by atoms with van der Waals surface area (Å²) in [6, 6.07) is 12.4. The molecule has 1 aliphatic rings. The molecule has 0 unspecified atom stereocenters. The van der Waals surface area contributed by atoms with Crippen LogP contribution in [0.15, 0.2) is 36.5 Å². The molecular weight excluding hydrogens is 248 g/mol. The molecule has 0 amide bonds. The summed E-state index contributed by atoms with van der Waals surface area (Å²) in [7, 11) is 0. The summed E-state index contributed by atoms with van der Waals surface area (Å²) in [5.41, 5.74) is 0.564. The van der Waals surface area contributed by atoms with Gasteiger partial charge < -0.3 is 4.74 Å². The van der Waals surface area contributed by atoms with Crippen LogP contribution in [0.2, 0.25) is 0 Å². The van der Waals surface area contributed by atoms with Crippen LogP contribution in [0.1, 0.15) is 32.1 Å². The molecule has 20 heavy (non-hydrogen) atoms. The van der Waals surface area contributed by atoms with Crippen molar-refractivity contribution in [2.75, 3.05) is 6.61 Å². The van der Waals surface area contributed by atoms with Gasteiger partial charge in [-0.3, -0.25) is 4.98 Å². The minimum Gasteiger partial charge on any atom is -0.490 e. The molecule has 1 heterocycles. The van der Waals surface area contributed by atoms with E-state index in [1.54, 1.807) is 6.20 Å². The Balaban J connectivity index is 1.81. The molecule has 0 saturated heterocycles. The molecular formula is C17H18N2O. The zero-order chi connectivity index (χ0) is 13.8. The van der Waals surface area contributed by atoms with Gasteiger partial charge in [-0.2, -0.15) is 5.26 Å². The SMILES string of the molecule is N#CC1(COc2cccc3cccnc23)CCCCC1. The van der Waals surface area contributed by atoms with E-state index in [1.165, 1.54) is 6.42 Å². The Labute approximate surface area is 119 Å². The molecule has 3 rings (SSSR count). The summed E-state index contributed by atoms with van der Waals surface area (Å²) in [5.74, 6) is 0.781. The molecule has 0 N–H and O–H groups in total. The van der Waals surface area contributed by atoms with Crippen molar-refractivity contribution in [1.82, 2.24) is 4.98 Å². The molecule has 1 aliphatic carbocycles. The van der Waals surface area contributed by atoms with Gasteiger partial charge in [-0.1, -0.05) is 37.5 Å². The van der Waals surface area contributed by atoms with Crippen molar-refractivity contribution in [3.63, 3.8) is 0 Å². The first kappa shape index (κ1) is 12.9. The number of para-hydroxylation sites is 1. The average molecular weight is 266 g/mol. The summed E-state index contributed by atoms with van der Waals surface area (Å²) in [6.45, 7) is 0.471. The van der Waals surface area contributed by atoms with Gasteiger partial charge >= 0.3 is 0 Å². The Morgan fingerprint density at radius 2 is 1.95 bits per heavy atom. The number of hydrogen-bond donors (Lipinski definition) is 0. The number of nitrogens with zero attached hydrogens (tertiary/aromatic N) is 2. The van der Waals surface area contributed by atoms with Crippen LogP contribution in [0.3, 0.4) is 0 Å². The lowest BCUT2D eigenvalue weighted by molar-refractivity contribution is 0.151. The van der Waals surface area contributed by atoms with Gasteiger partial charge in [0.05, 0.1) is 11.5 Å². The molecule has 0 bridgehead atoms. The highest BCUT2D eigenvalue weighted by Crippen LogP contribution is 2.36. The first-order valence-electron chi connectivity index (χ1n) is 7.21. The smallest absolute Gasteiger partial charge is 0.145 e. The van der Waals surface area contributed by atoms with E-state index in [-0.39, 0.29) is 5.41 Å². The predicted octanol–water partition coefficient (Wildman–Crippen LogP) is 4.09. The van der Waals surface area contributed by atoms with Gasteiger partial charge in [0.15, 0.2) is 0 Å². The van der Waals surface area contributed by atoms with E-state index in [4.69, 9.17) is 4.74 Å². The predicted molar refractivity (Wildman–Crippen MR) is 78.4 cm³/mol. The molecule has 1 saturated carbocycles. The van der Waals surface area contributed by atoms with Crippen LogP contribution in [-0.4, -0.2) is 11.6 Å². The molecule has 3 nitrogen and oxygen atoms in total. The van der Waals surface area contributed by atoms with Crippen molar-refractivity contribution >= 4 is 10.9 Å². The number of rotatable bonds is 3. The standard InChI is InChI=1S/C17H18N2O/c18-12-17(9-2-1-3-10-17)13-20-15-8-4-6-14-7-5-11-19-16(14)15/h4-8,11H,1-3,9-10,13H2. The van der Waals surface area contributed by atoms with Gasteiger partial charge in [-0.25, -0.2) is 0 Å². The maximum atomic E-state index is 9.49. The molecule has 1 aromatic carbocycles. The molecule has 0 radical (unpaired) electrons. The Hall–Kier alpha value is -2.08. The second kappa shape index (κ2) is 5.50. The second-order valence-corrected chi connectivity index (χ2v) is 5.57. The highest BCUT2D eigenvalue weighted by Gasteiger charge is 2.33. The van der Waals surface area contributed by atoms with Gasteiger partial charge in [0.2, 0.25) is 0 Å². The largest absolute Gasteiger partial charge is 0.490 e. The molecule has 1 aromatic heterocycles. The lowest BCUT2D eigenvalue weighted by atomic mass is 9.76. The van der Waals surface area contributed by atoms with E-state index in [1.807, 2.05) is 30.3 Å². The van der Waals surface area contributed by atoms with Crippen molar-refractivity contribution < 1.29 is 4.74 Å². The van der Waals surface area contributed by atoms with E-state index in [2.05, 4.69) is 11.1 Å². The van der Waals surface area contributed by atoms with Crippen molar-refractivity contribution in [1.29, 1.82) is 5.26 Å². The van der Waals surface area contributed by atoms with Crippen LogP contribution in [0.4, 0.5) is 0 Å². The summed E-state index contributed by atoms with van der Waals surface area (Å²) in [5, 5.41) is 10.6. The molecule has 2 aromatic rings. The van der Waals surface area contributed by atoms with Gasteiger partial charge in [0.1, 0.15) is 17.9 Å². The summed E-state index contributed by atoms with van der Waals surface area (Å²) < 4.78 is 5.97. The lowest BCUT2D eigenvalue weighted by Gasteiger charge is -2.30. The second-order valence-electron chi connectivity index (χ2n) is 5.57. The molecule has 0 spiro atoms. The van der Waals surface area contributed by atoms with Gasteiger partial charge in [-0.05, 0) is 25.0 Å². The molecule has 102 valence electrons. The van der Waals surface area contributed by atoms with Gasteiger partial charge in [0.25, 0.3) is 0 Å². The highest BCUT2D eigenvalue weighted by molar-refractivity contribution is 5.84. The Kier molecular flexibility index (Phi) is 3.56. The first-order chi connectivity index (χ1) is 9.83. The minimum atomic E-state index is -0.310.